The Kier molecular flexibility index (Phi) is 3.57. The third kappa shape index (κ3) is 2.91. The average molecular weight is 255 g/mol. The van der Waals surface area contributed by atoms with Gasteiger partial charge in [-0.3, -0.25) is 4.79 Å². The molecule has 0 spiro atoms. The summed E-state index contributed by atoms with van der Waals surface area (Å²) in [6.45, 7) is 0. The highest BCUT2D eigenvalue weighted by Crippen LogP contribution is 2.42. The van der Waals surface area contributed by atoms with E-state index in [-0.39, 0.29) is 5.92 Å². The highest BCUT2D eigenvalue weighted by atomic mass is 35.5. The van der Waals surface area contributed by atoms with Crippen LogP contribution in [0, 0.1) is 11.8 Å². The molecule has 3 nitrogen and oxygen atoms in total. The summed E-state index contributed by atoms with van der Waals surface area (Å²) in [5, 5.41) is 9.51. The van der Waals surface area contributed by atoms with Crippen LogP contribution in [-0.2, 0) is 11.2 Å². The fourth-order valence-corrected chi connectivity index (χ4v) is 2.35. The number of carboxylic acids is 1. The highest BCUT2D eigenvalue weighted by molar-refractivity contribution is 6.30. The number of methoxy groups -OCH3 is 1. The number of ether oxygens (including phenoxy) is 1. The largest absolute Gasteiger partial charge is 0.496 e. The second-order valence-corrected chi connectivity index (χ2v) is 4.87. The third-order valence-corrected chi connectivity index (χ3v) is 3.50. The SMILES string of the molecule is COc1ccc(Cl)cc1CCC1CC1C(=O)O. The van der Waals surface area contributed by atoms with Crippen LogP contribution in [0.2, 0.25) is 5.02 Å². The molecule has 1 aromatic carbocycles. The first-order valence-corrected chi connectivity index (χ1v) is 6.05. The zero-order valence-corrected chi connectivity index (χ0v) is 10.4. The summed E-state index contributed by atoms with van der Waals surface area (Å²) in [6.07, 6.45) is 2.50. The van der Waals surface area contributed by atoms with Crippen molar-refractivity contribution in [2.24, 2.45) is 11.8 Å². The van der Waals surface area contributed by atoms with Crippen molar-refractivity contribution in [3.63, 3.8) is 0 Å². The molecule has 0 saturated heterocycles. The van der Waals surface area contributed by atoms with E-state index in [0.717, 1.165) is 30.6 Å². The van der Waals surface area contributed by atoms with Crippen molar-refractivity contribution >= 4 is 17.6 Å². The van der Waals surface area contributed by atoms with E-state index in [0.29, 0.717) is 10.9 Å². The molecule has 1 aromatic rings. The first-order chi connectivity index (χ1) is 8.11. The molecule has 4 heteroatoms. The second-order valence-electron chi connectivity index (χ2n) is 4.44. The molecule has 1 fully saturated rings. The predicted molar refractivity (Wildman–Crippen MR) is 65.6 cm³/mol. The van der Waals surface area contributed by atoms with Gasteiger partial charge in [0.25, 0.3) is 0 Å². The zero-order valence-electron chi connectivity index (χ0n) is 9.65. The third-order valence-electron chi connectivity index (χ3n) is 3.27. The molecular weight excluding hydrogens is 240 g/mol. The van der Waals surface area contributed by atoms with Crippen LogP contribution in [0.3, 0.4) is 0 Å². The molecule has 0 heterocycles. The van der Waals surface area contributed by atoms with E-state index in [1.807, 2.05) is 12.1 Å². The van der Waals surface area contributed by atoms with E-state index < -0.39 is 5.97 Å². The molecule has 17 heavy (non-hydrogen) atoms. The summed E-state index contributed by atoms with van der Waals surface area (Å²) in [4.78, 5) is 10.7. The summed E-state index contributed by atoms with van der Waals surface area (Å²) < 4.78 is 5.25. The van der Waals surface area contributed by atoms with Gasteiger partial charge in [-0.05, 0) is 48.9 Å². The maximum atomic E-state index is 10.7. The van der Waals surface area contributed by atoms with Gasteiger partial charge in [0, 0.05) is 5.02 Å². The lowest BCUT2D eigenvalue weighted by molar-refractivity contribution is -0.138. The number of benzene rings is 1. The lowest BCUT2D eigenvalue weighted by Crippen LogP contribution is -2.00. The minimum Gasteiger partial charge on any atom is -0.496 e. The van der Waals surface area contributed by atoms with Crippen LogP contribution >= 0.6 is 11.6 Å². The summed E-state index contributed by atoms with van der Waals surface area (Å²) in [6, 6.07) is 5.53. The van der Waals surface area contributed by atoms with Crippen LogP contribution in [-0.4, -0.2) is 18.2 Å². The molecule has 0 amide bonds. The molecule has 0 aromatic heterocycles. The van der Waals surface area contributed by atoms with E-state index in [1.54, 1.807) is 13.2 Å². The first-order valence-electron chi connectivity index (χ1n) is 5.67. The molecule has 1 aliphatic rings. The van der Waals surface area contributed by atoms with Gasteiger partial charge in [-0.15, -0.1) is 0 Å². The Morgan fingerprint density at radius 1 is 1.59 bits per heavy atom. The summed E-state index contributed by atoms with van der Waals surface area (Å²) in [5.74, 6) is 0.325. The number of hydrogen-bond acceptors (Lipinski definition) is 2. The summed E-state index contributed by atoms with van der Waals surface area (Å²) >= 11 is 5.93. The molecule has 0 bridgehead atoms. The Labute approximate surface area is 105 Å². The van der Waals surface area contributed by atoms with Crippen molar-refractivity contribution in [1.82, 2.24) is 0 Å². The molecule has 2 rings (SSSR count). The smallest absolute Gasteiger partial charge is 0.306 e. The van der Waals surface area contributed by atoms with Crippen molar-refractivity contribution in [2.75, 3.05) is 7.11 Å². The normalized spacial score (nSPS) is 22.2. The number of rotatable bonds is 5. The van der Waals surface area contributed by atoms with Gasteiger partial charge in [0.05, 0.1) is 13.0 Å². The zero-order chi connectivity index (χ0) is 12.4. The molecule has 1 N–H and O–H groups in total. The molecule has 92 valence electrons. The molecule has 1 aliphatic carbocycles. The van der Waals surface area contributed by atoms with E-state index in [2.05, 4.69) is 0 Å². The van der Waals surface area contributed by atoms with Crippen LogP contribution in [0.25, 0.3) is 0 Å². The quantitative estimate of drug-likeness (QED) is 0.879. The standard InChI is InChI=1S/C13H15ClO3/c1-17-12-5-4-10(14)6-9(12)3-2-8-7-11(8)13(15)16/h4-6,8,11H,2-3,7H2,1H3,(H,15,16). The van der Waals surface area contributed by atoms with Crippen molar-refractivity contribution in [3.05, 3.63) is 28.8 Å². The van der Waals surface area contributed by atoms with Crippen molar-refractivity contribution in [3.8, 4) is 5.75 Å². The predicted octanol–water partition coefficient (Wildman–Crippen LogP) is 3.00. The maximum absolute atomic E-state index is 10.7. The number of hydrogen-bond donors (Lipinski definition) is 1. The van der Waals surface area contributed by atoms with Gasteiger partial charge in [-0.1, -0.05) is 11.6 Å². The minimum absolute atomic E-state index is 0.139. The Morgan fingerprint density at radius 3 is 2.94 bits per heavy atom. The van der Waals surface area contributed by atoms with Gasteiger partial charge in [0.2, 0.25) is 0 Å². The Morgan fingerprint density at radius 2 is 2.35 bits per heavy atom. The molecule has 0 radical (unpaired) electrons. The summed E-state index contributed by atoms with van der Waals surface area (Å²) in [5.41, 5.74) is 1.05. The van der Waals surface area contributed by atoms with Gasteiger partial charge < -0.3 is 9.84 Å². The van der Waals surface area contributed by atoms with Crippen molar-refractivity contribution < 1.29 is 14.6 Å². The second kappa shape index (κ2) is 4.96. The fraction of sp³-hybridized carbons (Fsp3) is 0.462. The number of aliphatic carboxylic acids is 1. The Bertz CT molecular complexity index is 431. The van der Waals surface area contributed by atoms with Crippen LogP contribution in [0.4, 0.5) is 0 Å². The summed E-state index contributed by atoms with van der Waals surface area (Å²) in [7, 11) is 1.63. The van der Waals surface area contributed by atoms with Gasteiger partial charge in [-0.25, -0.2) is 0 Å². The topological polar surface area (TPSA) is 46.5 Å². The van der Waals surface area contributed by atoms with Gasteiger partial charge in [0.15, 0.2) is 0 Å². The molecular formula is C13H15ClO3. The van der Waals surface area contributed by atoms with Crippen LogP contribution in [0.15, 0.2) is 18.2 Å². The van der Waals surface area contributed by atoms with Crippen LogP contribution < -0.4 is 4.74 Å². The van der Waals surface area contributed by atoms with E-state index in [4.69, 9.17) is 21.4 Å². The Balaban J connectivity index is 1.95. The molecule has 2 unspecified atom stereocenters. The maximum Gasteiger partial charge on any atom is 0.306 e. The van der Waals surface area contributed by atoms with Gasteiger partial charge >= 0.3 is 5.97 Å². The monoisotopic (exact) mass is 254 g/mol. The van der Waals surface area contributed by atoms with Crippen molar-refractivity contribution in [2.45, 2.75) is 19.3 Å². The number of halogens is 1. The van der Waals surface area contributed by atoms with Gasteiger partial charge in [0.1, 0.15) is 5.75 Å². The Hall–Kier alpha value is -1.22. The lowest BCUT2D eigenvalue weighted by Gasteiger charge is -2.08. The molecule has 1 saturated carbocycles. The lowest BCUT2D eigenvalue weighted by atomic mass is 10.1. The average Bonchev–Trinajstić information content (AvgIpc) is 3.06. The first kappa shape index (κ1) is 12.2. The number of carbonyl (C=O) groups is 1. The minimum atomic E-state index is -0.673. The number of aryl methyl sites for hydroxylation is 1. The van der Waals surface area contributed by atoms with Gasteiger partial charge in [-0.2, -0.15) is 0 Å². The fourth-order valence-electron chi connectivity index (χ4n) is 2.15. The molecule has 2 atom stereocenters. The molecule has 0 aliphatic heterocycles. The van der Waals surface area contributed by atoms with E-state index in [1.165, 1.54) is 0 Å². The number of carboxylic acid groups (broad SMARTS) is 1. The van der Waals surface area contributed by atoms with E-state index in [9.17, 15) is 4.79 Å². The van der Waals surface area contributed by atoms with Crippen LogP contribution in [0.5, 0.6) is 5.75 Å². The van der Waals surface area contributed by atoms with E-state index >= 15 is 0 Å². The van der Waals surface area contributed by atoms with Crippen LogP contribution in [0.1, 0.15) is 18.4 Å². The highest BCUT2D eigenvalue weighted by Gasteiger charge is 2.42. The van der Waals surface area contributed by atoms with Crippen molar-refractivity contribution in [1.29, 1.82) is 0 Å².